The number of furan rings is 1. The predicted molar refractivity (Wildman–Crippen MR) is 170 cm³/mol. The first-order chi connectivity index (χ1) is 19.9. The minimum atomic E-state index is 0.302. The molecule has 202 valence electrons. The second-order valence-electron chi connectivity index (χ2n) is 11.5. The molecule has 0 saturated heterocycles. The molecule has 4 nitrogen and oxygen atoms in total. The summed E-state index contributed by atoms with van der Waals surface area (Å²) >= 11 is 0. The highest BCUT2D eigenvalue weighted by Crippen LogP contribution is 2.42. The largest absolute Gasteiger partial charge is 0.453 e. The van der Waals surface area contributed by atoms with Gasteiger partial charge in [0.15, 0.2) is 5.58 Å². The molecule has 0 unspecified atom stereocenters. The monoisotopic (exact) mass is 535 g/mol. The van der Waals surface area contributed by atoms with Gasteiger partial charge in [-0.1, -0.05) is 82.3 Å². The molecule has 0 radical (unpaired) electrons. The first-order valence-corrected chi connectivity index (χ1v) is 14.4. The third-order valence-corrected chi connectivity index (χ3v) is 8.14. The van der Waals surface area contributed by atoms with Crippen molar-refractivity contribution in [1.82, 2.24) is 14.5 Å². The van der Waals surface area contributed by atoms with Gasteiger partial charge in [-0.2, -0.15) is 0 Å². The molecular formula is C37H33N3O. The average molecular weight is 536 g/mol. The fourth-order valence-electron chi connectivity index (χ4n) is 6.08. The molecule has 7 aromatic rings. The average Bonchev–Trinajstić information content (AvgIpc) is 3.56. The summed E-state index contributed by atoms with van der Waals surface area (Å²) in [6, 6.07) is 32.3. The van der Waals surface area contributed by atoms with Gasteiger partial charge in [-0.15, -0.1) is 0 Å². The SMILES string of the molecule is Cc1nccc2c1oc1c(-c3nc4ccccc4n3-c3c(C(C)C)cc(-c4ccccc4)cc3C(C)C)cccc12. The normalized spacial score (nSPS) is 12.0. The summed E-state index contributed by atoms with van der Waals surface area (Å²) in [5.41, 5.74) is 11.9. The molecule has 0 aliphatic heterocycles. The number of benzene rings is 4. The van der Waals surface area contributed by atoms with Gasteiger partial charge in [-0.25, -0.2) is 4.98 Å². The van der Waals surface area contributed by atoms with Gasteiger partial charge in [0.25, 0.3) is 0 Å². The van der Waals surface area contributed by atoms with Crippen LogP contribution in [0.3, 0.4) is 0 Å². The predicted octanol–water partition coefficient (Wildman–Crippen LogP) is 10.2. The van der Waals surface area contributed by atoms with Gasteiger partial charge in [0.2, 0.25) is 0 Å². The van der Waals surface area contributed by atoms with Crippen LogP contribution < -0.4 is 0 Å². The molecule has 0 aliphatic rings. The Morgan fingerprint density at radius 2 is 1.37 bits per heavy atom. The van der Waals surface area contributed by atoms with Gasteiger partial charge >= 0.3 is 0 Å². The Balaban J connectivity index is 1.60. The van der Waals surface area contributed by atoms with Crippen LogP contribution in [0.4, 0.5) is 0 Å². The standard InChI is InChI=1S/C37H33N3O/c1-22(2)30-20-26(25-12-7-6-8-13-25)21-31(23(3)4)34(30)40-33-17-10-9-16-32(33)39-37(40)29-15-11-14-27-28-18-19-38-24(5)35(28)41-36(27)29/h6-23H,1-5H3. The molecule has 3 aromatic heterocycles. The van der Waals surface area contributed by atoms with Crippen molar-refractivity contribution in [1.29, 1.82) is 0 Å². The number of hydrogen-bond donors (Lipinski definition) is 0. The summed E-state index contributed by atoms with van der Waals surface area (Å²) in [6.45, 7) is 11.1. The zero-order valence-corrected chi connectivity index (χ0v) is 24.1. The van der Waals surface area contributed by atoms with Crippen LogP contribution in [0.5, 0.6) is 0 Å². The molecule has 0 saturated carbocycles. The van der Waals surface area contributed by atoms with Crippen molar-refractivity contribution >= 4 is 33.0 Å². The van der Waals surface area contributed by atoms with Crippen LogP contribution in [0.15, 0.2) is 102 Å². The number of rotatable bonds is 5. The second-order valence-corrected chi connectivity index (χ2v) is 11.5. The van der Waals surface area contributed by atoms with E-state index >= 15 is 0 Å². The maximum Gasteiger partial charge on any atom is 0.156 e. The number of pyridine rings is 1. The first kappa shape index (κ1) is 25.3. The van der Waals surface area contributed by atoms with E-state index in [2.05, 4.69) is 122 Å². The van der Waals surface area contributed by atoms with Crippen LogP contribution in [0.25, 0.3) is 61.2 Å². The second kappa shape index (κ2) is 9.74. The van der Waals surface area contributed by atoms with E-state index in [1.807, 2.05) is 19.2 Å². The van der Waals surface area contributed by atoms with Crippen molar-refractivity contribution in [2.24, 2.45) is 0 Å². The number of hydrogen-bond acceptors (Lipinski definition) is 3. The van der Waals surface area contributed by atoms with E-state index in [0.717, 1.165) is 50.1 Å². The van der Waals surface area contributed by atoms with E-state index < -0.39 is 0 Å². The molecule has 0 fully saturated rings. The molecule has 4 heteroatoms. The summed E-state index contributed by atoms with van der Waals surface area (Å²) in [6.07, 6.45) is 1.85. The van der Waals surface area contributed by atoms with Gasteiger partial charge < -0.3 is 4.42 Å². The maximum absolute atomic E-state index is 6.57. The van der Waals surface area contributed by atoms with Crippen molar-refractivity contribution in [3.05, 3.63) is 114 Å². The molecule has 0 N–H and O–H groups in total. The highest BCUT2D eigenvalue weighted by molar-refractivity contribution is 6.10. The molecule has 41 heavy (non-hydrogen) atoms. The fourth-order valence-corrected chi connectivity index (χ4v) is 6.08. The van der Waals surface area contributed by atoms with E-state index in [-0.39, 0.29) is 0 Å². The molecule has 4 aromatic carbocycles. The quantitative estimate of drug-likeness (QED) is 0.220. The van der Waals surface area contributed by atoms with Crippen molar-refractivity contribution < 1.29 is 4.42 Å². The highest BCUT2D eigenvalue weighted by atomic mass is 16.3. The summed E-state index contributed by atoms with van der Waals surface area (Å²) < 4.78 is 8.95. The first-order valence-electron chi connectivity index (χ1n) is 14.4. The minimum absolute atomic E-state index is 0.302. The molecule has 0 atom stereocenters. The van der Waals surface area contributed by atoms with Crippen LogP contribution in [0.1, 0.15) is 56.4 Å². The number of imidazole rings is 1. The smallest absolute Gasteiger partial charge is 0.156 e. The lowest BCUT2D eigenvalue weighted by atomic mass is 9.88. The zero-order valence-electron chi connectivity index (χ0n) is 24.1. The topological polar surface area (TPSA) is 43.9 Å². The molecule has 0 spiro atoms. The third kappa shape index (κ3) is 4.05. The van der Waals surface area contributed by atoms with Crippen LogP contribution in [-0.4, -0.2) is 14.5 Å². The Labute approximate surface area is 240 Å². The van der Waals surface area contributed by atoms with Crippen LogP contribution in [0, 0.1) is 6.92 Å². The van der Waals surface area contributed by atoms with E-state index in [0.29, 0.717) is 11.8 Å². The van der Waals surface area contributed by atoms with E-state index in [1.54, 1.807) is 0 Å². The summed E-state index contributed by atoms with van der Waals surface area (Å²) in [7, 11) is 0. The van der Waals surface area contributed by atoms with Crippen LogP contribution >= 0.6 is 0 Å². The lowest BCUT2D eigenvalue weighted by Crippen LogP contribution is -2.09. The molecule has 3 heterocycles. The summed E-state index contributed by atoms with van der Waals surface area (Å²) in [5, 5.41) is 2.16. The zero-order chi connectivity index (χ0) is 28.2. The van der Waals surface area contributed by atoms with Gasteiger partial charge in [0, 0.05) is 17.0 Å². The Morgan fingerprint density at radius 3 is 2.10 bits per heavy atom. The highest BCUT2D eigenvalue weighted by Gasteiger charge is 2.25. The van der Waals surface area contributed by atoms with Crippen molar-refractivity contribution in [2.45, 2.75) is 46.5 Å². The van der Waals surface area contributed by atoms with E-state index in [1.165, 1.54) is 27.9 Å². The lowest BCUT2D eigenvalue weighted by molar-refractivity contribution is 0.663. The van der Waals surface area contributed by atoms with Gasteiger partial charge in [-0.05, 0) is 77.4 Å². The Hall–Kier alpha value is -4.70. The number of nitrogens with zero attached hydrogens (tertiary/aromatic N) is 3. The Bertz CT molecular complexity index is 2030. The van der Waals surface area contributed by atoms with Crippen molar-refractivity contribution in [2.75, 3.05) is 0 Å². The number of fused-ring (bicyclic) bond motifs is 4. The molecule has 0 aliphatic carbocycles. The van der Waals surface area contributed by atoms with Crippen molar-refractivity contribution in [3.63, 3.8) is 0 Å². The molecule has 0 bridgehead atoms. The third-order valence-electron chi connectivity index (χ3n) is 8.14. The molecule has 7 rings (SSSR count). The van der Waals surface area contributed by atoms with E-state index in [4.69, 9.17) is 9.40 Å². The fraction of sp³-hybridized carbons (Fsp3) is 0.189. The molecule has 0 amide bonds. The van der Waals surface area contributed by atoms with Crippen molar-refractivity contribution in [3.8, 4) is 28.2 Å². The van der Waals surface area contributed by atoms with E-state index in [9.17, 15) is 0 Å². The maximum atomic E-state index is 6.57. The van der Waals surface area contributed by atoms with Gasteiger partial charge in [0.05, 0.1) is 28.0 Å². The Morgan fingerprint density at radius 1 is 0.683 bits per heavy atom. The molecular weight excluding hydrogens is 502 g/mol. The number of aryl methyl sites for hydroxylation is 1. The lowest BCUT2D eigenvalue weighted by Gasteiger charge is -2.24. The van der Waals surface area contributed by atoms with Crippen LogP contribution in [-0.2, 0) is 0 Å². The van der Waals surface area contributed by atoms with Gasteiger partial charge in [0.1, 0.15) is 11.4 Å². The summed E-state index contributed by atoms with van der Waals surface area (Å²) in [4.78, 5) is 9.76. The number of aromatic nitrogens is 3. The summed E-state index contributed by atoms with van der Waals surface area (Å²) in [5.74, 6) is 1.49. The van der Waals surface area contributed by atoms with Gasteiger partial charge in [-0.3, -0.25) is 9.55 Å². The Kier molecular flexibility index (Phi) is 6.01. The van der Waals surface area contributed by atoms with Crippen LogP contribution in [0.2, 0.25) is 0 Å². The number of para-hydroxylation sites is 3. The minimum Gasteiger partial charge on any atom is -0.453 e.